The van der Waals surface area contributed by atoms with Crippen molar-refractivity contribution in [2.75, 3.05) is 6.26 Å². The molecule has 0 fully saturated rings. The van der Waals surface area contributed by atoms with Crippen LogP contribution in [0.25, 0.3) is 10.1 Å². The highest BCUT2D eigenvalue weighted by Crippen LogP contribution is 2.37. The summed E-state index contributed by atoms with van der Waals surface area (Å²) in [4.78, 5) is 1.33. The largest absolute Gasteiger partial charge is 0.128 e. The molecule has 2 aromatic rings. The van der Waals surface area contributed by atoms with Crippen LogP contribution in [0, 0.1) is 3.57 Å². The zero-order valence-corrected chi connectivity index (χ0v) is 11.4. The van der Waals surface area contributed by atoms with Crippen LogP contribution < -0.4 is 0 Å². The van der Waals surface area contributed by atoms with E-state index in [1.165, 1.54) is 18.6 Å². The van der Waals surface area contributed by atoms with E-state index >= 15 is 0 Å². The lowest BCUT2D eigenvalue weighted by Gasteiger charge is -2.01. The van der Waals surface area contributed by atoms with Crippen molar-refractivity contribution in [2.24, 2.45) is 0 Å². The van der Waals surface area contributed by atoms with Gasteiger partial charge in [0, 0.05) is 18.6 Å². The first kappa shape index (κ1) is 10.1. The molecule has 0 aliphatic rings. The third-order valence-electron chi connectivity index (χ3n) is 1.78. The van der Waals surface area contributed by atoms with E-state index in [-0.39, 0.29) is 0 Å². The van der Waals surface area contributed by atoms with Crippen molar-refractivity contribution in [1.29, 1.82) is 0 Å². The number of thioether (sulfide) groups is 1. The Bertz CT molecular complexity index is 450. The van der Waals surface area contributed by atoms with Crippen LogP contribution in [0.2, 0.25) is 4.34 Å². The van der Waals surface area contributed by atoms with Crippen LogP contribution in [0.3, 0.4) is 0 Å². The summed E-state index contributed by atoms with van der Waals surface area (Å²) in [5.74, 6) is 0. The molecule has 0 nitrogen and oxygen atoms in total. The van der Waals surface area contributed by atoms with Gasteiger partial charge in [0.25, 0.3) is 0 Å². The summed E-state index contributed by atoms with van der Waals surface area (Å²) >= 11 is 11.7. The topological polar surface area (TPSA) is 0 Å². The van der Waals surface area contributed by atoms with Crippen LogP contribution in [0.1, 0.15) is 0 Å². The highest BCUT2D eigenvalue weighted by atomic mass is 127. The van der Waals surface area contributed by atoms with Gasteiger partial charge in [-0.2, -0.15) is 0 Å². The van der Waals surface area contributed by atoms with Crippen LogP contribution in [-0.4, -0.2) is 6.26 Å². The second kappa shape index (κ2) is 3.96. The molecule has 1 aromatic carbocycles. The van der Waals surface area contributed by atoms with E-state index in [9.17, 15) is 0 Å². The van der Waals surface area contributed by atoms with Crippen LogP contribution in [0.15, 0.2) is 23.1 Å². The van der Waals surface area contributed by atoms with Crippen molar-refractivity contribution in [3.63, 3.8) is 0 Å². The smallest absolute Gasteiger partial charge is 0.0941 e. The Hall–Kier alpha value is 0.550. The number of benzene rings is 1. The molecule has 13 heavy (non-hydrogen) atoms. The van der Waals surface area contributed by atoms with Crippen LogP contribution >= 0.6 is 57.3 Å². The molecule has 0 saturated heterocycles. The minimum atomic E-state index is 0.868. The molecule has 0 unspecified atom stereocenters. The first-order chi connectivity index (χ1) is 6.22. The Morgan fingerprint density at radius 3 is 2.92 bits per heavy atom. The second-order valence-electron chi connectivity index (χ2n) is 2.54. The zero-order chi connectivity index (χ0) is 9.42. The highest BCUT2D eigenvalue weighted by molar-refractivity contribution is 14.1. The summed E-state index contributed by atoms with van der Waals surface area (Å²) in [6.45, 7) is 0. The number of hydrogen-bond donors (Lipinski definition) is 0. The van der Waals surface area contributed by atoms with Gasteiger partial charge in [-0.3, -0.25) is 0 Å². The molecule has 0 spiro atoms. The first-order valence-electron chi connectivity index (χ1n) is 3.64. The Kier molecular flexibility index (Phi) is 3.07. The number of rotatable bonds is 1. The Balaban J connectivity index is 2.82. The number of hydrogen-bond acceptors (Lipinski definition) is 2. The zero-order valence-electron chi connectivity index (χ0n) is 6.80. The van der Waals surface area contributed by atoms with Gasteiger partial charge in [0.05, 0.1) is 4.34 Å². The summed E-state index contributed by atoms with van der Waals surface area (Å²) in [5.41, 5.74) is 0. The van der Waals surface area contributed by atoms with Gasteiger partial charge in [-0.05, 0) is 47.0 Å². The molecule has 68 valence electrons. The van der Waals surface area contributed by atoms with E-state index in [4.69, 9.17) is 11.6 Å². The molecular weight excluding hydrogens is 335 g/mol. The number of thiophene rings is 1. The molecule has 0 amide bonds. The Labute approximate surface area is 104 Å². The van der Waals surface area contributed by atoms with Gasteiger partial charge in [0.15, 0.2) is 0 Å². The fourth-order valence-electron chi connectivity index (χ4n) is 1.24. The van der Waals surface area contributed by atoms with E-state index in [0.29, 0.717) is 0 Å². The maximum absolute atomic E-state index is 5.97. The molecule has 2 rings (SSSR count). The molecular formula is C9H6ClIS2. The van der Waals surface area contributed by atoms with Crippen LogP contribution in [-0.2, 0) is 0 Å². The van der Waals surface area contributed by atoms with E-state index in [1.54, 1.807) is 23.1 Å². The standard InChI is InChI=1S/C9H6ClIS2/c1-12-9-5-4-8(10)13-7(5)3-2-6(9)11/h2-4H,1H3. The lowest BCUT2D eigenvalue weighted by molar-refractivity contribution is 1.50. The lowest BCUT2D eigenvalue weighted by atomic mass is 10.3. The van der Waals surface area contributed by atoms with E-state index in [1.807, 2.05) is 0 Å². The van der Waals surface area contributed by atoms with Gasteiger partial charge in [0.1, 0.15) is 0 Å². The van der Waals surface area contributed by atoms with Gasteiger partial charge in [0.2, 0.25) is 0 Å². The third-order valence-corrected chi connectivity index (χ3v) is 5.12. The molecule has 0 aliphatic heterocycles. The highest BCUT2D eigenvalue weighted by Gasteiger charge is 2.07. The predicted octanol–water partition coefficient (Wildman–Crippen LogP) is 4.88. The van der Waals surface area contributed by atoms with E-state index in [0.717, 1.165) is 4.34 Å². The Morgan fingerprint density at radius 1 is 1.46 bits per heavy atom. The third kappa shape index (κ3) is 1.84. The van der Waals surface area contributed by atoms with Crippen LogP contribution in [0.4, 0.5) is 0 Å². The normalized spacial score (nSPS) is 11.0. The molecule has 0 atom stereocenters. The van der Waals surface area contributed by atoms with Crippen molar-refractivity contribution in [2.45, 2.75) is 4.90 Å². The van der Waals surface area contributed by atoms with Gasteiger partial charge in [-0.15, -0.1) is 23.1 Å². The van der Waals surface area contributed by atoms with Gasteiger partial charge in [-0.25, -0.2) is 0 Å². The quantitative estimate of drug-likeness (QED) is 0.526. The SMILES string of the molecule is CSc1c(I)ccc2sc(Cl)cc12. The molecule has 1 aromatic heterocycles. The molecule has 0 aliphatic carbocycles. The summed E-state index contributed by atoms with van der Waals surface area (Å²) in [6, 6.07) is 6.32. The molecule has 0 radical (unpaired) electrons. The second-order valence-corrected chi connectivity index (χ2v) is 6.24. The first-order valence-corrected chi connectivity index (χ1v) is 7.13. The van der Waals surface area contributed by atoms with Crippen molar-refractivity contribution in [3.8, 4) is 0 Å². The van der Waals surface area contributed by atoms with Gasteiger partial charge < -0.3 is 0 Å². The molecule has 0 saturated carbocycles. The van der Waals surface area contributed by atoms with Crippen molar-refractivity contribution in [3.05, 3.63) is 26.1 Å². The minimum absolute atomic E-state index is 0.868. The van der Waals surface area contributed by atoms with Crippen molar-refractivity contribution in [1.82, 2.24) is 0 Å². The summed E-state index contributed by atoms with van der Waals surface area (Å²) in [7, 11) is 0. The maximum atomic E-state index is 5.97. The van der Waals surface area contributed by atoms with E-state index < -0.39 is 0 Å². The van der Waals surface area contributed by atoms with Gasteiger partial charge >= 0.3 is 0 Å². The summed E-state index contributed by atoms with van der Waals surface area (Å²) in [6.07, 6.45) is 2.10. The molecule has 0 bridgehead atoms. The van der Waals surface area contributed by atoms with Crippen molar-refractivity contribution < 1.29 is 0 Å². The lowest BCUT2D eigenvalue weighted by Crippen LogP contribution is -1.77. The van der Waals surface area contributed by atoms with Gasteiger partial charge in [-0.1, -0.05) is 11.6 Å². The summed E-state index contributed by atoms with van der Waals surface area (Å²) in [5, 5.41) is 1.29. The van der Waals surface area contributed by atoms with Crippen molar-refractivity contribution >= 4 is 67.4 Å². The van der Waals surface area contributed by atoms with Crippen LogP contribution in [0.5, 0.6) is 0 Å². The average molecular weight is 341 g/mol. The minimum Gasteiger partial charge on any atom is -0.128 e. The number of halogens is 2. The molecule has 0 N–H and O–H groups in total. The predicted molar refractivity (Wildman–Crippen MR) is 71.3 cm³/mol. The average Bonchev–Trinajstić information content (AvgIpc) is 2.45. The number of fused-ring (bicyclic) bond motifs is 1. The maximum Gasteiger partial charge on any atom is 0.0941 e. The summed E-state index contributed by atoms with van der Waals surface area (Å²) < 4.78 is 3.44. The fourth-order valence-corrected chi connectivity index (χ4v) is 4.24. The monoisotopic (exact) mass is 340 g/mol. The fraction of sp³-hybridized carbons (Fsp3) is 0.111. The van der Waals surface area contributed by atoms with E-state index in [2.05, 4.69) is 47.0 Å². The molecule has 1 heterocycles. The molecule has 4 heteroatoms. The Morgan fingerprint density at radius 2 is 2.23 bits per heavy atom.